The van der Waals surface area contributed by atoms with Crippen LogP contribution >= 0.6 is 0 Å². The summed E-state index contributed by atoms with van der Waals surface area (Å²) in [7, 11) is 1.67. The van der Waals surface area contributed by atoms with Gasteiger partial charge in [-0.1, -0.05) is 13.3 Å². The molecule has 0 bridgehead atoms. The Morgan fingerprint density at radius 3 is 2.45 bits per heavy atom. The number of ether oxygens (including phenoxy) is 1. The van der Waals surface area contributed by atoms with Crippen LogP contribution in [-0.2, 0) is 9.53 Å². The second-order valence-electron chi connectivity index (χ2n) is 5.44. The molecule has 0 aromatic carbocycles. The molecule has 2 unspecified atom stereocenters. The number of amides is 1. The van der Waals surface area contributed by atoms with Gasteiger partial charge in [-0.3, -0.25) is 9.69 Å². The number of nitrogens with zero attached hydrogens (tertiary/aromatic N) is 3. The van der Waals surface area contributed by atoms with Crippen LogP contribution in [0.3, 0.4) is 0 Å². The fraction of sp³-hybridized carbons (Fsp3) is 0.867. The first-order chi connectivity index (χ1) is 9.62. The van der Waals surface area contributed by atoms with Crippen molar-refractivity contribution in [1.82, 2.24) is 9.80 Å². The van der Waals surface area contributed by atoms with Gasteiger partial charge in [0.1, 0.15) is 0 Å². The molecule has 114 valence electrons. The molecule has 1 saturated heterocycles. The number of nitriles is 1. The highest BCUT2D eigenvalue weighted by Crippen LogP contribution is 2.12. The van der Waals surface area contributed by atoms with Gasteiger partial charge >= 0.3 is 0 Å². The lowest BCUT2D eigenvalue weighted by Gasteiger charge is -2.37. The molecule has 1 amide bonds. The van der Waals surface area contributed by atoms with Crippen LogP contribution in [0.25, 0.3) is 0 Å². The Morgan fingerprint density at radius 2 is 1.95 bits per heavy atom. The average molecular weight is 281 g/mol. The van der Waals surface area contributed by atoms with Gasteiger partial charge in [-0.25, -0.2) is 0 Å². The molecule has 0 aromatic rings. The lowest BCUT2D eigenvalue weighted by atomic mass is 10.1. The summed E-state index contributed by atoms with van der Waals surface area (Å²) in [5.74, 6) is 0.206. The highest BCUT2D eigenvalue weighted by Gasteiger charge is 2.25. The van der Waals surface area contributed by atoms with Gasteiger partial charge < -0.3 is 9.64 Å². The van der Waals surface area contributed by atoms with Gasteiger partial charge in [0.05, 0.1) is 18.2 Å². The number of hydrogen-bond donors (Lipinski definition) is 0. The van der Waals surface area contributed by atoms with Gasteiger partial charge in [-0.2, -0.15) is 5.26 Å². The summed E-state index contributed by atoms with van der Waals surface area (Å²) in [5, 5.41) is 9.17. The van der Waals surface area contributed by atoms with E-state index in [-0.39, 0.29) is 18.1 Å². The summed E-state index contributed by atoms with van der Waals surface area (Å²) in [6, 6.07) is 2.38. The van der Waals surface area contributed by atoms with Crippen molar-refractivity contribution in [3.8, 4) is 6.07 Å². The molecule has 20 heavy (non-hydrogen) atoms. The highest BCUT2D eigenvalue weighted by molar-refractivity contribution is 5.76. The molecule has 0 aliphatic carbocycles. The van der Waals surface area contributed by atoms with Gasteiger partial charge in [0.2, 0.25) is 5.91 Å². The average Bonchev–Trinajstić information content (AvgIpc) is 2.50. The summed E-state index contributed by atoms with van der Waals surface area (Å²) < 4.78 is 5.16. The molecule has 1 rings (SSSR count). The van der Waals surface area contributed by atoms with E-state index in [0.717, 1.165) is 45.4 Å². The third-order valence-corrected chi connectivity index (χ3v) is 3.99. The lowest BCUT2D eigenvalue weighted by Crippen LogP contribution is -2.51. The predicted octanol–water partition coefficient (Wildman–Crippen LogP) is 1.64. The van der Waals surface area contributed by atoms with Gasteiger partial charge in [-0.05, 0) is 19.8 Å². The fourth-order valence-corrected chi connectivity index (χ4v) is 2.49. The van der Waals surface area contributed by atoms with Crippen LogP contribution in [0, 0.1) is 11.3 Å². The van der Waals surface area contributed by atoms with Crippen molar-refractivity contribution in [2.75, 3.05) is 33.3 Å². The second kappa shape index (κ2) is 8.93. The van der Waals surface area contributed by atoms with Crippen LogP contribution in [0.1, 0.15) is 39.5 Å². The Hall–Kier alpha value is -1.12. The Kier molecular flexibility index (Phi) is 7.56. The van der Waals surface area contributed by atoms with Crippen LogP contribution < -0.4 is 0 Å². The third kappa shape index (κ3) is 5.10. The van der Waals surface area contributed by atoms with Gasteiger partial charge in [-0.15, -0.1) is 0 Å². The first kappa shape index (κ1) is 16.9. The largest absolute Gasteiger partial charge is 0.382 e. The molecule has 5 nitrogen and oxygen atoms in total. The van der Waals surface area contributed by atoms with Crippen molar-refractivity contribution in [3.63, 3.8) is 0 Å². The first-order valence-electron chi connectivity index (χ1n) is 7.56. The van der Waals surface area contributed by atoms with E-state index in [4.69, 9.17) is 4.74 Å². The molecule has 0 N–H and O–H groups in total. The normalized spacial score (nSPS) is 19.4. The van der Waals surface area contributed by atoms with E-state index in [1.807, 2.05) is 11.8 Å². The maximum absolute atomic E-state index is 12.1. The van der Waals surface area contributed by atoms with Gasteiger partial charge in [0.25, 0.3) is 0 Å². The van der Waals surface area contributed by atoms with E-state index in [9.17, 15) is 10.1 Å². The van der Waals surface area contributed by atoms with Crippen molar-refractivity contribution < 1.29 is 9.53 Å². The quantitative estimate of drug-likeness (QED) is 0.712. The van der Waals surface area contributed by atoms with Crippen molar-refractivity contribution in [2.45, 2.75) is 51.7 Å². The molecule has 0 aromatic heterocycles. The van der Waals surface area contributed by atoms with E-state index in [0.29, 0.717) is 6.42 Å². The number of carbonyl (C=O) groups excluding carboxylic acids is 1. The van der Waals surface area contributed by atoms with Crippen LogP contribution in [0.2, 0.25) is 0 Å². The topological polar surface area (TPSA) is 56.6 Å². The van der Waals surface area contributed by atoms with Crippen molar-refractivity contribution >= 4 is 5.91 Å². The number of methoxy groups -OCH3 is 1. The fourth-order valence-electron chi connectivity index (χ4n) is 2.49. The minimum absolute atomic E-state index is 0.00534. The molecule has 1 aliphatic rings. The molecule has 0 radical (unpaired) electrons. The Morgan fingerprint density at radius 1 is 1.30 bits per heavy atom. The minimum Gasteiger partial charge on any atom is -0.382 e. The third-order valence-electron chi connectivity index (χ3n) is 3.99. The zero-order chi connectivity index (χ0) is 15.0. The monoisotopic (exact) mass is 281 g/mol. The molecule has 1 fully saturated rings. The van der Waals surface area contributed by atoms with E-state index in [1.165, 1.54) is 0 Å². The number of carbonyl (C=O) groups is 1. The molecule has 0 saturated carbocycles. The van der Waals surface area contributed by atoms with Gasteiger partial charge in [0, 0.05) is 39.7 Å². The van der Waals surface area contributed by atoms with E-state index >= 15 is 0 Å². The van der Waals surface area contributed by atoms with Crippen LogP contribution in [0.4, 0.5) is 0 Å². The summed E-state index contributed by atoms with van der Waals surface area (Å²) in [6.07, 6.45) is 3.38. The maximum Gasteiger partial charge on any atom is 0.222 e. The second-order valence-corrected chi connectivity index (χ2v) is 5.44. The number of rotatable bonds is 7. The molecule has 2 atom stereocenters. The summed E-state index contributed by atoms with van der Waals surface area (Å²) >= 11 is 0. The Bertz CT molecular complexity index is 333. The van der Waals surface area contributed by atoms with Crippen molar-refractivity contribution in [1.29, 1.82) is 5.26 Å². The standard InChI is InChI=1S/C15H27N3O2/c1-4-5-14(12-16)17-8-10-18(11-9-17)15(19)7-6-13(2)20-3/h13-14H,4-11H2,1-3H3. The van der Waals surface area contributed by atoms with E-state index in [1.54, 1.807) is 7.11 Å². The minimum atomic E-state index is 0.00534. The zero-order valence-electron chi connectivity index (χ0n) is 13.0. The van der Waals surface area contributed by atoms with E-state index in [2.05, 4.69) is 17.9 Å². The lowest BCUT2D eigenvalue weighted by molar-refractivity contribution is -0.133. The SMILES string of the molecule is CCCC(C#N)N1CCN(C(=O)CCC(C)OC)CC1. The highest BCUT2D eigenvalue weighted by atomic mass is 16.5. The summed E-state index contributed by atoms with van der Waals surface area (Å²) in [6.45, 7) is 7.17. The van der Waals surface area contributed by atoms with E-state index < -0.39 is 0 Å². The zero-order valence-corrected chi connectivity index (χ0v) is 13.0. The first-order valence-corrected chi connectivity index (χ1v) is 7.56. The van der Waals surface area contributed by atoms with Crippen LogP contribution in [0.15, 0.2) is 0 Å². The molecule has 1 aliphatic heterocycles. The molecular formula is C15H27N3O2. The van der Waals surface area contributed by atoms with Crippen molar-refractivity contribution in [3.05, 3.63) is 0 Å². The predicted molar refractivity (Wildman–Crippen MR) is 78.2 cm³/mol. The molecular weight excluding hydrogens is 254 g/mol. The maximum atomic E-state index is 12.1. The molecule has 0 spiro atoms. The van der Waals surface area contributed by atoms with Gasteiger partial charge in [0.15, 0.2) is 0 Å². The molecule has 5 heteroatoms. The summed E-state index contributed by atoms with van der Waals surface area (Å²) in [5.41, 5.74) is 0. The van der Waals surface area contributed by atoms with Crippen molar-refractivity contribution in [2.24, 2.45) is 0 Å². The van der Waals surface area contributed by atoms with Crippen LogP contribution in [-0.4, -0.2) is 61.1 Å². The summed E-state index contributed by atoms with van der Waals surface area (Å²) in [4.78, 5) is 16.2. The Labute approximate surface area is 122 Å². The van der Waals surface area contributed by atoms with Crippen LogP contribution in [0.5, 0.6) is 0 Å². The Balaban J connectivity index is 2.34. The smallest absolute Gasteiger partial charge is 0.222 e. The number of hydrogen-bond acceptors (Lipinski definition) is 4. The molecule has 1 heterocycles. The number of piperazine rings is 1.